The van der Waals surface area contributed by atoms with E-state index in [2.05, 4.69) is 26.9 Å². The van der Waals surface area contributed by atoms with Crippen molar-refractivity contribution in [1.29, 1.82) is 0 Å². The third-order valence-corrected chi connectivity index (χ3v) is 5.85. The summed E-state index contributed by atoms with van der Waals surface area (Å²) >= 11 is 1.26. The van der Waals surface area contributed by atoms with Gasteiger partial charge in [-0.3, -0.25) is 10.1 Å². The van der Waals surface area contributed by atoms with Crippen molar-refractivity contribution >= 4 is 23.7 Å². The van der Waals surface area contributed by atoms with Gasteiger partial charge in [0.05, 0.1) is 5.75 Å². The van der Waals surface area contributed by atoms with E-state index in [4.69, 9.17) is 0 Å². The maximum absolute atomic E-state index is 12.0. The molecule has 154 valence electrons. The van der Waals surface area contributed by atoms with Crippen molar-refractivity contribution in [2.24, 2.45) is 7.05 Å². The van der Waals surface area contributed by atoms with E-state index in [1.54, 1.807) is 0 Å². The number of urea groups is 1. The maximum Gasteiger partial charge on any atom is 0.321 e. The lowest BCUT2D eigenvalue weighted by atomic mass is 9.97. The summed E-state index contributed by atoms with van der Waals surface area (Å²) in [6.07, 6.45) is 8.51. The van der Waals surface area contributed by atoms with Crippen LogP contribution >= 0.6 is 11.8 Å². The lowest BCUT2D eigenvalue weighted by Crippen LogP contribution is -2.40. The van der Waals surface area contributed by atoms with Crippen molar-refractivity contribution in [2.45, 2.75) is 43.7 Å². The molecule has 0 unspecified atom stereocenters. The molecule has 1 aliphatic carbocycles. The van der Waals surface area contributed by atoms with Crippen molar-refractivity contribution in [3.8, 4) is 0 Å². The molecule has 0 spiro atoms. The molecule has 0 radical (unpaired) electrons. The summed E-state index contributed by atoms with van der Waals surface area (Å²) < 4.78 is 1.88. The zero-order valence-electron chi connectivity index (χ0n) is 16.7. The van der Waals surface area contributed by atoms with Crippen LogP contribution in [0.4, 0.5) is 4.79 Å². The van der Waals surface area contributed by atoms with Gasteiger partial charge in [0.2, 0.25) is 5.91 Å². The highest BCUT2D eigenvalue weighted by molar-refractivity contribution is 7.99. The Balaban J connectivity index is 1.38. The van der Waals surface area contributed by atoms with E-state index in [9.17, 15) is 9.59 Å². The van der Waals surface area contributed by atoms with E-state index < -0.39 is 6.03 Å². The highest BCUT2D eigenvalue weighted by atomic mass is 32.2. The van der Waals surface area contributed by atoms with Crippen LogP contribution in [0.3, 0.4) is 0 Å². The number of carbonyl (C=O) groups excluding carboxylic acids is 2. The normalized spacial score (nSPS) is 13.6. The Labute approximate surface area is 175 Å². The number of hydrogen-bond donors (Lipinski definition) is 2. The Bertz CT molecular complexity index is 863. The molecule has 1 aromatic carbocycles. The quantitative estimate of drug-likeness (QED) is 0.512. The Morgan fingerprint density at radius 3 is 2.76 bits per heavy atom. The molecule has 1 aliphatic rings. The van der Waals surface area contributed by atoms with E-state index in [0.29, 0.717) is 18.1 Å². The maximum atomic E-state index is 12.0. The number of carbonyl (C=O) groups is 2. The summed E-state index contributed by atoms with van der Waals surface area (Å²) in [4.78, 5) is 23.9. The van der Waals surface area contributed by atoms with E-state index in [-0.39, 0.29) is 11.7 Å². The van der Waals surface area contributed by atoms with E-state index >= 15 is 0 Å². The molecule has 29 heavy (non-hydrogen) atoms. The van der Waals surface area contributed by atoms with Crippen LogP contribution in [0.25, 0.3) is 0 Å². The Morgan fingerprint density at radius 1 is 1.17 bits per heavy atom. The minimum absolute atomic E-state index is 0.107. The number of amides is 3. The number of thioether (sulfide) groups is 1. The molecule has 2 N–H and O–H groups in total. The summed E-state index contributed by atoms with van der Waals surface area (Å²) in [5.74, 6) is 0.585. The highest BCUT2D eigenvalue weighted by Crippen LogP contribution is 2.19. The molecule has 2 aromatic rings. The zero-order chi connectivity index (χ0) is 20.5. The third-order valence-electron chi connectivity index (χ3n) is 4.83. The van der Waals surface area contributed by atoms with Crippen LogP contribution in [0.15, 0.2) is 47.1 Å². The summed E-state index contributed by atoms with van der Waals surface area (Å²) in [6.45, 7) is 0.546. The van der Waals surface area contributed by atoms with Gasteiger partial charge >= 0.3 is 6.03 Å². The number of aromatic nitrogens is 3. The van der Waals surface area contributed by atoms with Crippen molar-refractivity contribution in [1.82, 2.24) is 25.4 Å². The monoisotopic (exact) mass is 413 g/mol. The fourth-order valence-electron chi connectivity index (χ4n) is 3.21. The summed E-state index contributed by atoms with van der Waals surface area (Å²) in [7, 11) is 1.88. The van der Waals surface area contributed by atoms with Crippen LogP contribution in [-0.2, 0) is 18.3 Å². The average molecular weight is 414 g/mol. The number of rotatable bonds is 8. The Hall–Kier alpha value is -2.61. The lowest BCUT2D eigenvalue weighted by Gasteiger charge is -2.13. The van der Waals surface area contributed by atoms with Gasteiger partial charge in [0.1, 0.15) is 5.82 Å². The number of hydrogen-bond acceptors (Lipinski definition) is 5. The van der Waals surface area contributed by atoms with Crippen LogP contribution in [0, 0.1) is 0 Å². The molecular formula is C21H27N5O2S. The predicted molar refractivity (Wildman–Crippen MR) is 114 cm³/mol. The van der Waals surface area contributed by atoms with Gasteiger partial charge in [0.15, 0.2) is 5.16 Å². The molecule has 0 aliphatic heterocycles. The van der Waals surface area contributed by atoms with Crippen LogP contribution < -0.4 is 10.6 Å². The number of benzene rings is 1. The van der Waals surface area contributed by atoms with E-state index in [0.717, 1.165) is 30.7 Å². The number of nitrogens with one attached hydrogen (secondary N) is 2. The second-order valence-corrected chi connectivity index (χ2v) is 8.01. The first-order valence-corrected chi connectivity index (χ1v) is 10.9. The van der Waals surface area contributed by atoms with Gasteiger partial charge in [0, 0.05) is 20.0 Å². The van der Waals surface area contributed by atoms with Gasteiger partial charge in [-0.2, -0.15) is 0 Å². The molecule has 3 amide bonds. The average Bonchev–Trinajstić information content (AvgIpc) is 3.07. The van der Waals surface area contributed by atoms with Gasteiger partial charge in [-0.05, 0) is 37.7 Å². The summed E-state index contributed by atoms with van der Waals surface area (Å²) in [5, 5.41) is 14.1. The molecule has 0 saturated carbocycles. The predicted octanol–water partition coefficient (Wildman–Crippen LogP) is 3.21. The standard InChI is InChI=1S/C21H27N5O2S/c1-26-18(14-17-10-6-3-7-11-17)24-25-21(26)29-15-19(27)23-20(28)22-13-12-16-8-4-2-5-9-16/h3,6-8,10-11H,2,4-5,9,12-15H2,1H3,(H2,22,23,27,28). The first-order chi connectivity index (χ1) is 14.1. The van der Waals surface area contributed by atoms with Gasteiger partial charge < -0.3 is 9.88 Å². The second-order valence-electron chi connectivity index (χ2n) is 7.07. The highest BCUT2D eigenvalue weighted by Gasteiger charge is 2.13. The molecule has 0 bridgehead atoms. The van der Waals surface area contributed by atoms with Crippen molar-refractivity contribution in [3.05, 3.63) is 53.4 Å². The summed E-state index contributed by atoms with van der Waals surface area (Å²) in [6, 6.07) is 9.58. The minimum Gasteiger partial charge on any atom is -0.337 e. The lowest BCUT2D eigenvalue weighted by molar-refractivity contribution is -0.117. The van der Waals surface area contributed by atoms with Gasteiger partial charge in [-0.15, -0.1) is 10.2 Å². The second kappa shape index (κ2) is 10.8. The third kappa shape index (κ3) is 6.74. The topological polar surface area (TPSA) is 88.9 Å². The van der Waals surface area contributed by atoms with Gasteiger partial charge in [-0.1, -0.05) is 53.7 Å². The van der Waals surface area contributed by atoms with Crippen molar-refractivity contribution in [3.63, 3.8) is 0 Å². The molecule has 1 aromatic heterocycles. The van der Waals surface area contributed by atoms with Crippen LogP contribution in [0.2, 0.25) is 0 Å². The first kappa shape index (κ1) is 21.1. The minimum atomic E-state index is -0.449. The molecular weight excluding hydrogens is 386 g/mol. The van der Waals surface area contributed by atoms with Crippen LogP contribution in [-0.4, -0.2) is 39.0 Å². The SMILES string of the molecule is Cn1c(Cc2ccccc2)nnc1SCC(=O)NC(=O)NCCC1=CCCCC1. The first-order valence-electron chi connectivity index (χ1n) is 9.92. The molecule has 0 atom stereocenters. The smallest absolute Gasteiger partial charge is 0.321 e. The number of imide groups is 1. The molecule has 3 rings (SSSR count). The number of nitrogens with zero attached hydrogens (tertiary/aromatic N) is 3. The van der Waals surface area contributed by atoms with Crippen LogP contribution in [0.1, 0.15) is 43.5 Å². The Kier molecular flexibility index (Phi) is 7.86. The van der Waals surface area contributed by atoms with E-state index in [1.807, 2.05) is 41.9 Å². The zero-order valence-corrected chi connectivity index (χ0v) is 17.5. The van der Waals surface area contributed by atoms with Gasteiger partial charge in [0.25, 0.3) is 0 Å². The Morgan fingerprint density at radius 2 is 2.00 bits per heavy atom. The molecule has 1 heterocycles. The summed E-state index contributed by atoms with van der Waals surface area (Å²) in [5.41, 5.74) is 2.55. The van der Waals surface area contributed by atoms with E-state index in [1.165, 1.54) is 30.2 Å². The van der Waals surface area contributed by atoms with Gasteiger partial charge in [-0.25, -0.2) is 4.79 Å². The fourth-order valence-corrected chi connectivity index (χ4v) is 3.94. The fraction of sp³-hybridized carbons (Fsp3) is 0.429. The molecule has 8 heteroatoms. The van der Waals surface area contributed by atoms with Crippen LogP contribution in [0.5, 0.6) is 0 Å². The molecule has 0 saturated heterocycles. The van der Waals surface area contributed by atoms with Crippen molar-refractivity contribution in [2.75, 3.05) is 12.3 Å². The molecule has 0 fully saturated rings. The number of allylic oxidation sites excluding steroid dienone is 1. The van der Waals surface area contributed by atoms with Crippen molar-refractivity contribution < 1.29 is 9.59 Å². The molecule has 7 nitrogen and oxygen atoms in total. The largest absolute Gasteiger partial charge is 0.337 e.